The molecule has 1 N–H and O–H groups in total. The standard InChI is InChI=1S/C17H24O2/c1-12-7-8-17-14(9-12)11-15(19-17)10-13-5-3-2-4-6-16(13)18/h7-9,13,15-16,18H,2-6,10-11H2,1H3. The topological polar surface area (TPSA) is 29.5 Å². The van der Waals surface area contributed by atoms with E-state index < -0.39 is 0 Å². The number of hydrogen-bond acceptors (Lipinski definition) is 2. The quantitative estimate of drug-likeness (QED) is 0.823. The van der Waals surface area contributed by atoms with E-state index >= 15 is 0 Å². The summed E-state index contributed by atoms with van der Waals surface area (Å²) in [5, 5.41) is 10.2. The molecule has 2 nitrogen and oxygen atoms in total. The number of rotatable bonds is 2. The lowest BCUT2D eigenvalue weighted by atomic mass is 9.90. The Labute approximate surface area is 115 Å². The van der Waals surface area contributed by atoms with Crippen LogP contribution in [0.1, 0.15) is 49.7 Å². The fourth-order valence-electron chi connectivity index (χ4n) is 3.56. The number of benzene rings is 1. The molecule has 1 aliphatic heterocycles. The average Bonchev–Trinajstić information content (AvgIpc) is 2.66. The van der Waals surface area contributed by atoms with Gasteiger partial charge in [-0.05, 0) is 43.7 Å². The average molecular weight is 260 g/mol. The molecule has 1 fully saturated rings. The number of hydrogen-bond donors (Lipinski definition) is 1. The van der Waals surface area contributed by atoms with Crippen molar-refractivity contribution >= 4 is 0 Å². The highest BCUT2D eigenvalue weighted by molar-refractivity contribution is 5.40. The molecule has 3 unspecified atom stereocenters. The van der Waals surface area contributed by atoms with Gasteiger partial charge in [-0.3, -0.25) is 0 Å². The van der Waals surface area contributed by atoms with Crippen molar-refractivity contribution < 1.29 is 9.84 Å². The van der Waals surface area contributed by atoms with E-state index in [1.165, 1.54) is 30.4 Å². The summed E-state index contributed by atoms with van der Waals surface area (Å²) in [5.41, 5.74) is 2.64. The van der Waals surface area contributed by atoms with E-state index in [1.807, 2.05) is 0 Å². The lowest BCUT2D eigenvalue weighted by molar-refractivity contribution is 0.0703. The van der Waals surface area contributed by atoms with Crippen LogP contribution in [0.5, 0.6) is 5.75 Å². The molecule has 0 saturated heterocycles. The second-order valence-electron chi connectivity index (χ2n) is 6.26. The van der Waals surface area contributed by atoms with Gasteiger partial charge in [0.25, 0.3) is 0 Å². The van der Waals surface area contributed by atoms with Crippen LogP contribution < -0.4 is 4.74 Å². The van der Waals surface area contributed by atoms with Crippen LogP contribution >= 0.6 is 0 Å². The summed E-state index contributed by atoms with van der Waals surface area (Å²) < 4.78 is 6.04. The van der Waals surface area contributed by atoms with Crippen molar-refractivity contribution in [3.05, 3.63) is 29.3 Å². The Kier molecular flexibility index (Phi) is 3.79. The second kappa shape index (κ2) is 5.54. The summed E-state index contributed by atoms with van der Waals surface area (Å²) in [7, 11) is 0. The number of aryl methyl sites for hydroxylation is 1. The zero-order valence-corrected chi connectivity index (χ0v) is 11.8. The zero-order chi connectivity index (χ0) is 13.2. The number of aliphatic hydroxyl groups is 1. The molecular formula is C17H24O2. The van der Waals surface area contributed by atoms with Crippen LogP contribution in [0.4, 0.5) is 0 Å². The molecule has 1 aromatic rings. The van der Waals surface area contributed by atoms with Gasteiger partial charge in [0.1, 0.15) is 11.9 Å². The fourth-order valence-corrected chi connectivity index (χ4v) is 3.56. The maximum Gasteiger partial charge on any atom is 0.123 e. The minimum absolute atomic E-state index is 0.114. The first-order valence-corrected chi connectivity index (χ1v) is 7.66. The van der Waals surface area contributed by atoms with Gasteiger partial charge in [0.05, 0.1) is 6.10 Å². The van der Waals surface area contributed by atoms with Gasteiger partial charge < -0.3 is 9.84 Å². The van der Waals surface area contributed by atoms with Crippen molar-refractivity contribution in [2.24, 2.45) is 5.92 Å². The maximum absolute atomic E-state index is 10.2. The fraction of sp³-hybridized carbons (Fsp3) is 0.647. The molecule has 2 heteroatoms. The third-order valence-corrected chi connectivity index (χ3v) is 4.64. The molecule has 0 amide bonds. The summed E-state index contributed by atoms with van der Waals surface area (Å²) in [6.45, 7) is 2.13. The Balaban J connectivity index is 1.63. The largest absolute Gasteiger partial charge is 0.490 e. The Hall–Kier alpha value is -1.02. The van der Waals surface area contributed by atoms with Gasteiger partial charge in [-0.1, -0.05) is 37.0 Å². The zero-order valence-electron chi connectivity index (χ0n) is 11.8. The monoisotopic (exact) mass is 260 g/mol. The second-order valence-corrected chi connectivity index (χ2v) is 6.26. The number of ether oxygens (including phenoxy) is 1. The van der Waals surface area contributed by atoms with Gasteiger partial charge in [-0.2, -0.15) is 0 Å². The number of fused-ring (bicyclic) bond motifs is 1. The van der Waals surface area contributed by atoms with Crippen molar-refractivity contribution in [3.8, 4) is 5.75 Å². The normalized spacial score (nSPS) is 30.5. The first-order valence-electron chi connectivity index (χ1n) is 7.66. The molecule has 104 valence electrons. The third-order valence-electron chi connectivity index (χ3n) is 4.64. The SMILES string of the molecule is Cc1ccc2c(c1)CC(CC1CCCCCC1O)O2. The van der Waals surface area contributed by atoms with Gasteiger partial charge in [0.2, 0.25) is 0 Å². The smallest absolute Gasteiger partial charge is 0.123 e. The van der Waals surface area contributed by atoms with Crippen LogP contribution in [-0.2, 0) is 6.42 Å². The van der Waals surface area contributed by atoms with Gasteiger partial charge in [-0.15, -0.1) is 0 Å². The summed E-state index contributed by atoms with van der Waals surface area (Å²) in [6.07, 6.45) is 8.04. The minimum atomic E-state index is -0.114. The van der Waals surface area contributed by atoms with Crippen molar-refractivity contribution in [2.45, 2.75) is 64.1 Å². The van der Waals surface area contributed by atoms with Crippen LogP contribution in [0.3, 0.4) is 0 Å². The third kappa shape index (κ3) is 2.94. The Morgan fingerprint density at radius 3 is 2.95 bits per heavy atom. The lowest BCUT2D eigenvalue weighted by Gasteiger charge is -2.23. The van der Waals surface area contributed by atoms with Crippen LogP contribution in [-0.4, -0.2) is 17.3 Å². The Bertz CT molecular complexity index is 441. The molecular weight excluding hydrogens is 236 g/mol. The highest BCUT2D eigenvalue weighted by atomic mass is 16.5. The molecule has 3 atom stereocenters. The van der Waals surface area contributed by atoms with E-state index in [9.17, 15) is 5.11 Å². The van der Waals surface area contributed by atoms with Gasteiger partial charge in [0, 0.05) is 6.42 Å². The first kappa shape index (κ1) is 13.0. The van der Waals surface area contributed by atoms with E-state index in [0.717, 1.165) is 31.4 Å². The summed E-state index contributed by atoms with van der Waals surface area (Å²) >= 11 is 0. The lowest BCUT2D eigenvalue weighted by Crippen LogP contribution is -2.26. The molecule has 2 aliphatic rings. The highest BCUT2D eigenvalue weighted by Gasteiger charge is 2.29. The van der Waals surface area contributed by atoms with Crippen molar-refractivity contribution in [2.75, 3.05) is 0 Å². The highest BCUT2D eigenvalue weighted by Crippen LogP contribution is 2.35. The summed E-state index contributed by atoms with van der Waals surface area (Å²) in [4.78, 5) is 0. The summed E-state index contributed by atoms with van der Waals surface area (Å²) in [6, 6.07) is 6.44. The first-order chi connectivity index (χ1) is 9.22. The van der Waals surface area contributed by atoms with E-state index in [4.69, 9.17) is 4.74 Å². The van der Waals surface area contributed by atoms with Crippen LogP contribution in [0.2, 0.25) is 0 Å². The number of aliphatic hydroxyl groups excluding tert-OH is 1. The van der Waals surface area contributed by atoms with Gasteiger partial charge >= 0.3 is 0 Å². The van der Waals surface area contributed by atoms with Crippen LogP contribution in [0.15, 0.2) is 18.2 Å². The Morgan fingerprint density at radius 2 is 2.05 bits per heavy atom. The maximum atomic E-state index is 10.2. The Morgan fingerprint density at radius 1 is 1.21 bits per heavy atom. The predicted octanol–water partition coefficient (Wildman–Crippen LogP) is 3.63. The molecule has 1 heterocycles. The van der Waals surface area contributed by atoms with E-state index in [0.29, 0.717) is 5.92 Å². The van der Waals surface area contributed by atoms with Crippen molar-refractivity contribution in [3.63, 3.8) is 0 Å². The molecule has 0 spiro atoms. The molecule has 0 radical (unpaired) electrons. The molecule has 19 heavy (non-hydrogen) atoms. The van der Waals surface area contributed by atoms with Crippen molar-refractivity contribution in [1.29, 1.82) is 0 Å². The van der Waals surface area contributed by atoms with E-state index in [-0.39, 0.29) is 12.2 Å². The van der Waals surface area contributed by atoms with Gasteiger partial charge in [-0.25, -0.2) is 0 Å². The molecule has 1 saturated carbocycles. The predicted molar refractivity (Wildman–Crippen MR) is 76.5 cm³/mol. The molecule has 0 aromatic heterocycles. The van der Waals surface area contributed by atoms with Crippen LogP contribution in [0, 0.1) is 12.8 Å². The van der Waals surface area contributed by atoms with Crippen molar-refractivity contribution in [1.82, 2.24) is 0 Å². The van der Waals surface area contributed by atoms with E-state index in [2.05, 4.69) is 25.1 Å². The molecule has 0 bridgehead atoms. The van der Waals surface area contributed by atoms with Gasteiger partial charge in [0.15, 0.2) is 0 Å². The minimum Gasteiger partial charge on any atom is -0.490 e. The van der Waals surface area contributed by atoms with Crippen LogP contribution in [0.25, 0.3) is 0 Å². The summed E-state index contributed by atoms with van der Waals surface area (Å²) in [5.74, 6) is 1.49. The molecule has 3 rings (SSSR count). The molecule has 1 aliphatic carbocycles. The molecule has 1 aromatic carbocycles. The van der Waals surface area contributed by atoms with E-state index in [1.54, 1.807) is 0 Å².